The Kier molecular flexibility index (Phi) is 6.18. The van der Waals surface area contributed by atoms with Crippen LogP contribution in [0.2, 0.25) is 0 Å². The normalized spacial score (nSPS) is 11.9. The Hall–Kier alpha value is -1.59. The van der Waals surface area contributed by atoms with E-state index in [4.69, 9.17) is 14.6 Å². The fraction of sp³-hybridized carbons (Fsp3) is 0.462. The molecule has 0 saturated carbocycles. The van der Waals surface area contributed by atoms with Gasteiger partial charge in [-0.05, 0) is 24.6 Å². The number of benzene rings is 1. The number of hydrogen-bond donors (Lipinski definition) is 2. The van der Waals surface area contributed by atoms with Crippen molar-refractivity contribution in [2.45, 2.75) is 19.6 Å². The van der Waals surface area contributed by atoms with Crippen molar-refractivity contribution in [2.75, 3.05) is 20.3 Å². The molecule has 0 bridgehead atoms. The molecule has 1 aromatic carbocycles. The highest BCUT2D eigenvalue weighted by Gasteiger charge is 2.07. The average molecular weight is 253 g/mol. The van der Waals surface area contributed by atoms with Gasteiger partial charge < -0.3 is 19.9 Å². The van der Waals surface area contributed by atoms with Gasteiger partial charge in [0.25, 0.3) is 5.91 Å². The first-order chi connectivity index (χ1) is 8.65. The minimum absolute atomic E-state index is 0.00466. The number of nitrogens with one attached hydrogen (secondary N) is 1. The molecule has 0 aliphatic heterocycles. The highest BCUT2D eigenvalue weighted by Crippen LogP contribution is 2.11. The van der Waals surface area contributed by atoms with Gasteiger partial charge in [0.2, 0.25) is 0 Å². The van der Waals surface area contributed by atoms with Gasteiger partial charge in [-0.15, -0.1) is 0 Å². The lowest BCUT2D eigenvalue weighted by Gasteiger charge is -2.13. The zero-order chi connectivity index (χ0) is 13.4. The summed E-state index contributed by atoms with van der Waals surface area (Å²) in [5.41, 5.74) is 0.806. The zero-order valence-electron chi connectivity index (χ0n) is 10.7. The number of ether oxygens (including phenoxy) is 2. The minimum Gasteiger partial charge on any atom is -0.484 e. The molecule has 1 rings (SSSR count). The third-order valence-corrected chi connectivity index (χ3v) is 2.30. The Labute approximate surface area is 107 Å². The maximum absolute atomic E-state index is 11.5. The van der Waals surface area contributed by atoms with Crippen molar-refractivity contribution in [1.82, 2.24) is 5.32 Å². The molecule has 0 aliphatic rings. The van der Waals surface area contributed by atoms with Crippen molar-refractivity contribution in [2.24, 2.45) is 0 Å². The number of carbonyl (C=O) groups excluding carboxylic acids is 1. The summed E-state index contributed by atoms with van der Waals surface area (Å²) >= 11 is 0. The molecular formula is C13H19NO4. The second-order valence-corrected chi connectivity index (χ2v) is 4.01. The molecule has 1 aromatic rings. The van der Waals surface area contributed by atoms with Gasteiger partial charge >= 0.3 is 0 Å². The molecule has 0 aliphatic carbocycles. The maximum atomic E-state index is 11.5. The Balaban J connectivity index is 2.33. The molecule has 5 nitrogen and oxygen atoms in total. The molecule has 0 aromatic heterocycles. The first kappa shape index (κ1) is 14.5. The molecular weight excluding hydrogens is 234 g/mol. The van der Waals surface area contributed by atoms with Gasteiger partial charge in [-0.25, -0.2) is 0 Å². The lowest BCUT2D eigenvalue weighted by atomic mass is 10.2. The summed E-state index contributed by atoms with van der Waals surface area (Å²) in [6, 6.07) is 6.90. The van der Waals surface area contributed by atoms with E-state index in [1.54, 1.807) is 31.4 Å². The van der Waals surface area contributed by atoms with Crippen molar-refractivity contribution < 1.29 is 19.4 Å². The van der Waals surface area contributed by atoms with Crippen LogP contribution in [-0.4, -0.2) is 37.4 Å². The second kappa shape index (κ2) is 7.68. The Morgan fingerprint density at radius 1 is 1.39 bits per heavy atom. The molecule has 0 heterocycles. The van der Waals surface area contributed by atoms with Crippen LogP contribution in [0.25, 0.3) is 0 Å². The van der Waals surface area contributed by atoms with Crippen LogP contribution in [0.1, 0.15) is 12.5 Å². The molecule has 0 spiro atoms. The van der Waals surface area contributed by atoms with Gasteiger partial charge in [-0.1, -0.05) is 12.1 Å². The molecule has 100 valence electrons. The van der Waals surface area contributed by atoms with Crippen molar-refractivity contribution >= 4 is 5.91 Å². The standard InChI is InChI=1S/C13H19NO4/c1-10(8-17-2)14-13(16)9-18-12-5-3-11(7-15)4-6-12/h3-6,10,15H,7-9H2,1-2H3,(H,14,16). The zero-order valence-corrected chi connectivity index (χ0v) is 10.7. The van der Waals surface area contributed by atoms with Crippen LogP contribution < -0.4 is 10.1 Å². The van der Waals surface area contributed by atoms with Crippen molar-refractivity contribution in [3.8, 4) is 5.75 Å². The molecule has 1 amide bonds. The minimum atomic E-state index is -0.189. The lowest BCUT2D eigenvalue weighted by Crippen LogP contribution is -2.38. The van der Waals surface area contributed by atoms with Crippen molar-refractivity contribution in [3.05, 3.63) is 29.8 Å². The van der Waals surface area contributed by atoms with E-state index in [0.717, 1.165) is 5.56 Å². The number of aliphatic hydroxyl groups excluding tert-OH is 1. The fourth-order valence-electron chi connectivity index (χ4n) is 1.45. The van der Waals surface area contributed by atoms with E-state index in [9.17, 15) is 4.79 Å². The molecule has 2 N–H and O–H groups in total. The van der Waals surface area contributed by atoms with Crippen molar-refractivity contribution in [1.29, 1.82) is 0 Å². The highest BCUT2D eigenvalue weighted by molar-refractivity contribution is 5.77. The quantitative estimate of drug-likeness (QED) is 0.751. The van der Waals surface area contributed by atoms with Gasteiger partial charge in [0.15, 0.2) is 6.61 Å². The van der Waals surface area contributed by atoms with Crippen molar-refractivity contribution in [3.63, 3.8) is 0 Å². The lowest BCUT2D eigenvalue weighted by molar-refractivity contribution is -0.124. The third kappa shape index (κ3) is 5.16. The van der Waals surface area contributed by atoms with Gasteiger partial charge in [0.05, 0.1) is 13.2 Å². The monoisotopic (exact) mass is 253 g/mol. The average Bonchev–Trinajstić information content (AvgIpc) is 2.37. The summed E-state index contributed by atoms with van der Waals surface area (Å²) < 4.78 is 10.2. The first-order valence-corrected chi connectivity index (χ1v) is 5.76. The molecule has 0 radical (unpaired) electrons. The number of aliphatic hydroxyl groups is 1. The predicted octanol–water partition coefficient (Wildman–Crippen LogP) is 0.709. The van der Waals surface area contributed by atoms with E-state index < -0.39 is 0 Å². The van der Waals surface area contributed by atoms with Gasteiger partial charge in [-0.3, -0.25) is 4.79 Å². The molecule has 1 unspecified atom stereocenters. The van der Waals surface area contributed by atoms with Crippen LogP contribution in [0.4, 0.5) is 0 Å². The van der Waals surface area contributed by atoms with Gasteiger partial charge in [0.1, 0.15) is 5.75 Å². The summed E-state index contributed by atoms with van der Waals surface area (Å²) in [4.78, 5) is 11.5. The number of methoxy groups -OCH3 is 1. The van der Waals surface area contributed by atoms with Gasteiger partial charge in [-0.2, -0.15) is 0 Å². The smallest absolute Gasteiger partial charge is 0.258 e. The predicted molar refractivity (Wildman–Crippen MR) is 67.3 cm³/mol. The number of rotatable bonds is 7. The summed E-state index contributed by atoms with van der Waals surface area (Å²) in [7, 11) is 1.59. The third-order valence-electron chi connectivity index (χ3n) is 2.30. The largest absolute Gasteiger partial charge is 0.484 e. The topological polar surface area (TPSA) is 67.8 Å². The first-order valence-electron chi connectivity index (χ1n) is 5.76. The van der Waals surface area contributed by atoms with E-state index in [0.29, 0.717) is 12.4 Å². The second-order valence-electron chi connectivity index (χ2n) is 4.01. The maximum Gasteiger partial charge on any atom is 0.258 e. The van der Waals surface area contributed by atoms with Crippen LogP contribution in [0.5, 0.6) is 5.75 Å². The van der Waals surface area contributed by atoms with E-state index >= 15 is 0 Å². The Bertz CT molecular complexity index is 364. The summed E-state index contributed by atoms with van der Waals surface area (Å²) in [6.45, 7) is 2.29. The molecule has 5 heteroatoms. The summed E-state index contributed by atoms with van der Waals surface area (Å²) in [6.07, 6.45) is 0. The molecule has 18 heavy (non-hydrogen) atoms. The fourth-order valence-corrected chi connectivity index (χ4v) is 1.45. The molecule has 1 atom stereocenters. The number of amides is 1. The van der Waals surface area contributed by atoms with E-state index in [1.165, 1.54) is 0 Å². The highest BCUT2D eigenvalue weighted by atomic mass is 16.5. The number of hydrogen-bond acceptors (Lipinski definition) is 4. The Morgan fingerprint density at radius 2 is 2.06 bits per heavy atom. The van der Waals surface area contributed by atoms with Crippen LogP contribution in [0, 0.1) is 0 Å². The molecule has 0 saturated heterocycles. The SMILES string of the molecule is COCC(C)NC(=O)COc1ccc(CO)cc1. The van der Waals surface area contributed by atoms with Crippen LogP contribution in [0.15, 0.2) is 24.3 Å². The molecule has 0 fully saturated rings. The van der Waals surface area contributed by atoms with E-state index in [-0.39, 0.29) is 25.2 Å². The van der Waals surface area contributed by atoms with E-state index in [2.05, 4.69) is 5.32 Å². The summed E-state index contributed by atoms with van der Waals surface area (Å²) in [5, 5.41) is 11.6. The van der Waals surface area contributed by atoms with Crippen LogP contribution >= 0.6 is 0 Å². The van der Waals surface area contributed by atoms with Crippen LogP contribution in [0.3, 0.4) is 0 Å². The van der Waals surface area contributed by atoms with Crippen LogP contribution in [-0.2, 0) is 16.1 Å². The number of carbonyl (C=O) groups is 1. The summed E-state index contributed by atoms with van der Waals surface area (Å²) in [5.74, 6) is 0.410. The van der Waals surface area contributed by atoms with Gasteiger partial charge in [0, 0.05) is 13.2 Å². The van der Waals surface area contributed by atoms with E-state index in [1.807, 2.05) is 6.92 Å². The Morgan fingerprint density at radius 3 is 2.61 bits per heavy atom.